The summed E-state index contributed by atoms with van der Waals surface area (Å²) in [6.45, 7) is 0.712. The van der Waals surface area contributed by atoms with E-state index in [1.54, 1.807) is 23.9 Å². The maximum Gasteiger partial charge on any atom is 0.170 e. The van der Waals surface area contributed by atoms with Crippen LogP contribution in [-0.4, -0.2) is 17.4 Å². The van der Waals surface area contributed by atoms with Crippen molar-refractivity contribution in [3.8, 4) is 0 Å². The molecule has 0 heterocycles. The summed E-state index contributed by atoms with van der Waals surface area (Å²) in [5.41, 5.74) is 0.367. The average molecular weight is 385 g/mol. The summed E-state index contributed by atoms with van der Waals surface area (Å²) in [7, 11) is 0. The normalized spacial score (nSPS) is 10.2. The van der Waals surface area contributed by atoms with Crippen molar-refractivity contribution in [2.75, 3.05) is 17.6 Å². The zero-order valence-corrected chi connectivity index (χ0v) is 14.3. The Morgan fingerprint density at radius 2 is 1.95 bits per heavy atom. The number of halogens is 2. The van der Waals surface area contributed by atoms with Crippen LogP contribution in [0.1, 0.15) is 0 Å². The lowest BCUT2D eigenvalue weighted by molar-refractivity contribution is 0.631. The van der Waals surface area contributed by atoms with Gasteiger partial charge >= 0.3 is 0 Å². The van der Waals surface area contributed by atoms with Gasteiger partial charge < -0.3 is 10.6 Å². The van der Waals surface area contributed by atoms with E-state index in [9.17, 15) is 4.39 Å². The molecule has 2 aromatic rings. The summed E-state index contributed by atoms with van der Waals surface area (Å²) >= 11 is 10.1. The molecule has 0 bridgehead atoms. The van der Waals surface area contributed by atoms with Crippen LogP contribution in [0.15, 0.2) is 57.9 Å². The maximum absolute atomic E-state index is 13.6. The van der Waals surface area contributed by atoms with Crippen LogP contribution < -0.4 is 10.6 Å². The van der Waals surface area contributed by atoms with Gasteiger partial charge in [0.25, 0.3) is 0 Å². The molecule has 21 heavy (non-hydrogen) atoms. The summed E-state index contributed by atoms with van der Waals surface area (Å²) in [5, 5.41) is 6.34. The van der Waals surface area contributed by atoms with Crippen molar-refractivity contribution in [3.05, 3.63) is 58.8 Å². The standard InChI is InChI=1S/C15H14BrFN2S2/c16-11-6-7-14(13(17)10-11)19-15(20)18-8-9-21-12-4-2-1-3-5-12/h1-7,10H,8-9H2,(H2,18,19,20). The molecule has 2 nitrogen and oxygen atoms in total. The first-order chi connectivity index (χ1) is 10.1. The van der Waals surface area contributed by atoms with Crippen LogP contribution in [0.2, 0.25) is 0 Å². The molecule has 0 amide bonds. The highest BCUT2D eigenvalue weighted by Crippen LogP contribution is 2.19. The Bertz CT molecular complexity index is 608. The van der Waals surface area contributed by atoms with E-state index >= 15 is 0 Å². The number of thiocarbonyl (C=S) groups is 1. The predicted molar refractivity (Wildman–Crippen MR) is 95.5 cm³/mol. The van der Waals surface area contributed by atoms with Gasteiger partial charge in [0, 0.05) is 21.7 Å². The van der Waals surface area contributed by atoms with Gasteiger partial charge in [-0.25, -0.2) is 4.39 Å². The predicted octanol–water partition coefficient (Wildman–Crippen LogP) is 4.67. The average Bonchev–Trinajstić information content (AvgIpc) is 2.48. The van der Waals surface area contributed by atoms with Gasteiger partial charge in [-0.05, 0) is 42.5 Å². The molecule has 0 atom stereocenters. The summed E-state index contributed by atoms with van der Waals surface area (Å²) in [4.78, 5) is 1.22. The Morgan fingerprint density at radius 1 is 1.19 bits per heavy atom. The van der Waals surface area contributed by atoms with Gasteiger partial charge in [0.05, 0.1) is 5.69 Å². The van der Waals surface area contributed by atoms with E-state index in [0.717, 1.165) is 5.75 Å². The third-order valence-corrected chi connectivity index (χ3v) is 4.33. The van der Waals surface area contributed by atoms with Crippen LogP contribution in [0.3, 0.4) is 0 Å². The molecule has 2 aromatic carbocycles. The van der Waals surface area contributed by atoms with Crippen LogP contribution in [0.25, 0.3) is 0 Å². The molecular formula is C15H14BrFN2S2. The van der Waals surface area contributed by atoms with Crippen LogP contribution in [-0.2, 0) is 0 Å². The number of rotatable bonds is 5. The lowest BCUT2D eigenvalue weighted by Gasteiger charge is -2.11. The molecule has 0 aliphatic carbocycles. The molecule has 0 aromatic heterocycles. The number of anilines is 1. The van der Waals surface area contributed by atoms with Crippen LogP contribution in [0.4, 0.5) is 10.1 Å². The monoisotopic (exact) mass is 384 g/mol. The topological polar surface area (TPSA) is 24.1 Å². The number of nitrogens with one attached hydrogen (secondary N) is 2. The fourth-order valence-corrected chi connectivity index (χ4v) is 2.94. The largest absolute Gasteiger partial charge is 0.362 e. The van der Waals surface area contributed by atoms with E-state index in [1.165, 1.54) is 11.0 Å². The SMILES string of the molecule is Fc1cc(Br)ccc1NC(=S)NCCSc1ccccc1. The first kappa shape index (κ1) is 16.3. The zero-order chi connectivity index (χ0) is 15.1. The lowest BCUT2D eigenvalue weighted by Crippen LogP contribution is -2.30. The summed E-state index contributed by atoms with van der Waals surface area (Å²) in [5.74, 6) is 0.543. The second-order valence-electron chi connectivity index (χ2n) is 4.17. The highest BCUT2D eigenvalue weighted by atomic mass is 79.9. The maximum atomic E-state index is 13.6. The van der Waals surface area contributed by atoms with Gasteiger partial charge in [0.2, 0.25) is 0 Å². The second-order valence-corrected chi connectivity index (χ2v) is 6.66. The van der Waals surface area contributed by atoms with Gasteiger partial charge in [0.15, 0.2) is 5.11 Å². The van der Waals surface area contributed by atoms with Crippen molar-refractivity contribution in [1.82, 2.24) is 5.32 Å². The third-order valence-electron chi connectivity index (χ3n) is 2.58. The molecule has 110 valence electrons. The quantitative estimate of drug-likeness (QED) is 0.444. The summed E-state index contributed by atoms with van der Waals surface area (Å²) in [6.07, 6.45) is 0. The van der Waals surface area contributed by atoms with Gasteiger partial charge in [-0.15, -0.1) is 11.8 Å². The molecule has 0 spiro atoms. The molecule has 2 rings (SSSR count). The Morgan fingerprint density at radius 3 is 2.67 bits per heavy atom. The Labute approximate surface area is 141 Å². The minimum absolute atomic E-state index is 0.341. The van der Waals surface area contributed by atoms with E-state index in [1.807, 2.05) is 18.2 Å². The lowest BCUT2D eigenvalue weighted by atomic mass is 10.3. The van der Waals surface area contributed by atoms with Crippen molar-refractivity contribution in [2.45, 2.75) is 4.90 Å². The third kappa shape index (κ3) is 5.65. The highest BCUT2D eigenvalue weighted by molar-refractivity contribution is 9.10. The van der Waals surface area contributed by atoms with Crippen LogP contribution in [0.5, 0.6) is 0 Å². The van der Waals surface area contributed by atoms with Gasteiger partial charge in [-0.1, -0.05) is 34.1 Å². The Balaban J connectivity index is 1.72. The van der Waals surface area contributed by atoms with Crippen molar-refractivity contribution < 1.29 is 4.39 Å². The van der Waals surface area contributed by atoms with Gasteiger partial charge in [-0.2, -0.15) is 0 Å². The molecule has 0 aliphatic heterocycles. The van der Waals surface area contributed by atoms with Gasteiger partial charge in [-0.3, -0.25) is 0 Å². The van der Waals surface area contributed by atoms with Crippen molar-refractivity contribution in [1.29, 1.82) is 0 Å². The first-order valence-electron chi connectivity index (χ1n) is 6.33. The highest BCUT2D eigenvalue weighted by Gasteiger charge is 2.04. The minimum atomic E-state index is -0.341. The van der Waals surface area contributed by atoms with E-state index in [2.05, 4.69) is 38.7 Å². The second kappa shape index (κ2) is 8.36. The van der Waals surface area contributed by atoms with Crippen molar-refractivity contribution in [2.24, 2.45) is 0 Å². The van der Waals surface area contributed by atoms with Crippen molar-refractivity contribution >= 4 is 50.7 Å². The molecule has 2 N–H and O–H groups in total. The van der Waals surface area contributed by atoms with E-state index in [-0.39, 0.29) is 5.82 Å². The number of hydrogen-bond acceptors (Lipinski definition) is 2. The Kier molecular flexibility index (Phi) is 6.48. The smallest absolute Gasteiger partial charge is 0.170 e. The molecular weight excluding hydrogens is 371 g/mol. The first-order valence-corrected chi connectivity index (χ1v) is 8.51. The fourth-order valence-electron chi connectivity index (χ4n) is 1.61. The molecule has 0 aliphatic rings. The minimum Gasteiger partial charge on any atom is -0.362 e. The molecule has 0 saturated carbocycles. The summed E-state index contributed by atoms with van der Waals surface area (Å²) in [6, 6.07) is 15.0. The van der Waals surface area contributed by atoms with Gasteiger partial charge in [0.1, 0.15) is 5.82 Å². The molecule has 0 fully saturated rings. The Hall–Kier alpha value is -1.11. The van der Waals surface area contributed by atoms with E-state index < -0.39 is 0 Å². The summed E-state index contributed by atoms with van der Waals surface area (Å²) < 4.78 is 14.3. The molecule has 6 heteroatoms. The molecule has 0 radical (unpaired) electrons. The number of thioether (sulfide) groups is 1. The van der Waals surface area contributed by atoms with E-state index in [0.29, 0.717) is 21.8 Å². The molecule has 0 saturated heterocycles. The van der Waals surface area contributed by atoms with E-state index in [4.69, 9.17) is 12.2 Å². The van der Waals surface area contributed by atoms with Crippen molar-refractivity contribution in [3.63, 3.8) is 0 Å². The number of hydrogen-bond donors (Lipinski definition) is 2. The van der Waals surface area contributed by atoms with Crippen LogP contribution in [0, 0.1) is 5.82 Å². The fraction of sp³-hybridized carbons (Fsp3) is 0.133. The number of benzene rings is 2. The zero-order valence-electron chi connectivity index (χ0n) is 11.1. The molecule has 0 unspecified atom stereocenters. The van der Waals surface area contributed by atoms with Crippen LogP contribution >= 0.6 is 39.9 Å².